The Bertz CT molecular complexity index is 295. The fraction of sp³-hybridized carbons (Fsp3) is 0.545. The molecule has 1 unspecified atom stereocenters. The number of hydrogen-bond donors (Lipinski definition) is 1. The average molecular weight is 192 g/mol. The van der Waals surface area contributed by atoms with E-state index in [1.165, 1.54) is 6.42 Å². The molecule has 0 aromatic carbocycles. The third-order valence-electron chi connectivity index (χ3n) is 2.61. The van der Waals surface area contributed by atoms with Crippen LogP contribution < -0.4 is 5.32 Å². The number of pyridine rings is 1. The van der Waals surface area contributed by atoms with Gasteiger partial charge < -0.3 is 10.1 Å². The molecule has 1 N–H and O–H groups in total. The summed E-state index contributed by atoms with van der Waals surface area (Å²) >= 11 is 0. The van der Waals surface area contributed by atoms with Crippen LogP contribution in [0.2, 0.25) is 0 Å². The van der Waals surface area contributed by atoms with E-state index in [4.69, 9.17) is 4.74 Å². The first-order chi connectivity index (χ1) is 6.86. The Balaban J connectivity index is 1.88. The largest absolute Gasteiger partial charge is 0.383 e. The summed E-state index contributed by atoms with van der Waals surface area (Å²) in [6.07, 6.45) is 2.99. The van der Waals surface area contributed by atoms with Gasteiger partial charge in [-0.15, -0.1) is 0 Å². The van der Waals surface area contributed by atoms with Crippen LogP contribution in [0.1, 0.15) is 12.1 Å². The van der Waals surface area contributed by atoms with Crippen molar-refractivity contribution in [2.45, 2.75) is 13.3 Å². The van der Waals surface area contributed by atoms with Gasteiger partial charge in [0.1, 0.15) is 0 Å². The monoisotopic (exact) mass is 192 g/mol. The zero-order valence-corrected chi connectivity index (χ0v) is 8.49. The second kappa shape index (κ2) is 4.42. The van der Waals surface area contributed by atoms with Crippen LogP contribution in [-0.2, 0) is 4.74 Å². The van der Waals surface area contributed by atoms with Gasteiger partial charge in [-0.3, -0.25) is 4.98 Å². The van der Waals surface area contributed by atoms with E-state index in [0.717, 1.165) is 31.1 Å². The smallest absolute Gasteiger partial charge is 0.0603 e. The van der Waals surface area contributed by atoms with E-state index in [1.807, 2.05) is 19.2 Å². The van der Waals surface area contributed by atoms with Gasteiger partial charge in [0.25, 0.3) is 0 Å². The summed E-state index contributed by atoms with van der Waals surface area (Å²) in [5.41, 5.74) is 2.20. The van der Waals surface area contributed by atoms with E-state index in [-0.39, 0.29) is 0 Å². The Morgan fingerprint density at radius 1 is 1.64 bits per heavy atom. The average Bonchev–Trinajstić information content (AvgIpc) is 2.69. The molecule has 0 bridgehead atoms. The van der Waals surface area contributed by atoms with Gasteiger partial charge in [-0.05, 0) is 25.5 Å². The summed E-state index contributed by atoms with van der Waals surface area (Å²) in [5.74, 6) is 0.662. The molecule has 14 heavy (non-hydrogen) atoms. The molecule has 1 fully saturated rings. The zero-order chi connectivity index (χ0) is 9.80. The van der Waals surface area contributed by atoms with Crippen molar-refractivity contribution >= 4 is 5.69 Å². The molecule has 3 heteroatoms. The number of nitrogens with zero attached hydrogens (tertiary/aromatic N) is 1. The first-order valence-corrected chi connectivity index (χ1v) is 5.09. The van der Waals surface area contributed by atoms with Crippen molar-refractivity contribution in [2.24, 2.45) is 5.92 Å². The minimum Gasteiger partial charge on any atom is -0.383 e. The van der Waals surface area contributed by atoms with Crippen molar-refractivity contribution in [1.82, 2.24) is 4.98 Å². The van der Waals surface area contributed by atoms with Crippen molar-refractivity contribution in [3.8, 4) is 0 Å². The lowest BCUT2D eigenvalue weighted by atomic mass is 10.1. The molecule has 1 aliphatic heterocycles. The van der Waals surface area contributed by atoms with Gasteiger partial charge in [-0.1, -0.05) is 0 Å². The third-order valence-corrected chi connectivity index (χ3v) is 2.61. The Hall–Kier alpha value is -1.09. The predicted molar refractivity (Wildman–Crippen MR) is 56.4 cm³/mol. The quantitative estimate of drug-likeness (QED) is 0.793. The van der Waals surface area contributed by atoms with E-state index in [2.05, 4.69) is 16.4 Å². The van der Waals surface area contributed by atoms with Gasteiger partial charge in [0.05, 0.1) is 18.0 Å². The van der Waals surface area contributed by atoms with Crippen molar-refractivity contribution < 1.29 is 4.74 Å². The predicted octanol–water partition coefficient (Wildman–Crippen LogP) is 1.84. The van der Waals surface area contributed by atoms with Crippen LogP contribution in [0, 0.1) is 12.8 Å². The molecule has 0 radical (unpaired) electrons. The van der Waals surface area contributed by atoms with Crippen LogP contribution in [0.15, 0.2) is 18.3 Å². The van der Waals surface area contributed by atoms with Gasteiger partial charge >= 0.3 is 0 Å². The fourth-order valence-electron chi connectivity index (χ4n) is 1.67. The Morgan fingerprint density at radius 3 is 3.29 bits per heavy atom. The zero-order valence-electron chi connectivity index (χ0n) is 8.49. The molecule has 76 valence electrons. The van der Waals surface area contributed by atoms with Crippen LogP contribution in [0.5, 0.6) is 0 Å². The Morgan fingerprint density at radius 2 is 2.57 bits per heavy atom. The number of ether oxygens (including phenoxy) is 1. The second-order valence-electron chi connectivity index (χ2n) is 3.75. The molecule has 1 aliphatic rings. The molecule has 0 spiro atoms. The maximum atomic E-state index is 5.32. The highest BCUT2D eigenvalue weighted by atomic mass is 16.5. The van der Waals surface area contributed by atoms with Crippen molar-refractivity contribution in [2.75, 3.05) is 25.1 Å². The normalized spacial score (nSPS) is 21.1. The van der Waals surface area contributed by atoms with Crippen molar-refractivity contribution in [1.29, 1.82) is 0 Å². The first kappa shape index (κ1) is 9.46. The molecule has 2 heterocycles. The highest BCUT2D eigenvalue weighted by molar-refractivity contribution is 5.46. The Labute approximate surface area is 84.5 Å². The van der Waals surface area contributed by atoms with E-state index in [9.17, 15) is 0 Å². The van der Waals surface area contributed by atoms with E-state index >= 15 is 0 Å². The lowest BCUT2D eigenvalue weighted by molar-refractivity contribution is 0.187. The van der Waals surface area contributed by atoms with Gasteiger partial charge in [-0.2, -0.15) is 0 Å². The molecule has 2 rings (SSSR count). The standard InChI is InChI=1S/C11H16N2O/c1-9-11(3-2-5-12-9)13-7-10-4-6-14-8-10/h2-3,5,10,13H,4,6-8H2,1H3. The molecule has 0 aliphatic carbocycles. The van der Waals surface area contributed by atoms with Gasteiger partial charge in [-0.25, -0.2) is 0 Å². The van der Waals surface area contributed by atoms with Gasteiger partial charge in [0, 0.05) is 25.3 Å². The van der Waals surface area contributed by atoms with Gasteiger partial charge in [0.15, 0.2) is 0 Å². The number of hydrogen-bond acceptors (Lipinski definition) is 3. The van der Waals surface area contributed by atoms with E-state index in [1.54, 1.807) is 0 Å². The number of nitrogens with one attached hydrogen (secondary N) is 1. The Kier molecular flexibility index (Phi) is 2.99. The number of anilines is 1. The lowest BCUT2D eigenvalue weighted by Gasteiger charge is -2.11. The van der Waals surface area contributed by atoms with Crippen LogP contribution in [0.4, 0.5) is 5.69 Å². The minimum absolute atomic E-state index is 0.662. The molecule has 3 nitrogen and oxygen atoms in total. The summed E-state index contributed by atoms with van der Waals surface area (Å²) in [5, 5.41) is 3.41. The van der Waals surface area contributed by atoms with Crippen molar-refractivity contribution in [3.05, 3.63) is 24.0 Å². The topological polar surface area (TPSA) is 34.2 Å². The number of aryl methyl sites for hydroxylation is 1. The summed E-state index contributed by atoms with van der Waals surface area (Å²) in [4.78, 5) is 4.23. The van der Waals surface area contributed by atoms with Gasteiger partial charge in [0.2, 0.25) is 0 Å². The third kappa shape index (κ3) is 2.23. The second-order valence-corrected chi connectivity index (χ2v) is 3.75. The lowest BCUT2D eigenvalue weighted by Crippen LogP contribution is -2.14. The first-order valence-electron chi connectivity index (χ1n) is 5.09. The van der Waals surface area contributed by atoms with Crippen LogP contribution in [0.3, 0.4) is 0 Å². The molecular formula is C11H16N2O. The maximum Gasteiger partial charge on any atom is 0.0603 e. The maximum absolute atomic E-state index is 5.32. The van der Waals surface area contributed by atoms with Crippen LogP contribution >= 0.6 is 0 Å². The summed E-state index contributed by atoms with van der Waals surface area (Å²) in [7, 11) is 0. The molecule has 1 aromatic heterocycles. The minimum atomic E-state index is 0.662. The van der Waals surface area contributed by atoms with Crippen LogP contribution in [0.25, 0.3) is 0 Å². The van der Waals surface area contributed by atoms with E-state index in [0.29, 0.717) is 5.92 Å². The molecule has 0 amide bonds. The summed E-state index contributed by atoms with van der Waals surface area (Å²) in [6, 6.07) is 4.03. The number of aromatic nitrogens is 1. The molecule has 1 aromatic rings. The molecule has 0 saturated carbocycles. The highest BCUT2D eigenvalue weighted by Gasteiger charge is 2.15. The molecular weight excluding hydrogens is 176 g/mol. The van der Waals surface area contributed by atoms with Crippen LogP contribution in [-0.4, -0.2) is 24.7 Å². The number of rotatable bonds is 3. The van der Waals surface area contributed by atoms with Crippen molar-refractivity contribution in [3.63, 3.8) is 0 Å². The SMILES string of the molecule is Cc1ncccc1NCC1CCOC1. The summed E-state index contributed by atoms with van der Waals surface area (Å²) < 4.78 is 5.32. The summed E-state index contributed by atoms with van der Waals surface area (Å²) in [6.45, 7) is 4.82. The molecule has 1 atom stereocenters. The highest BCUT2D eigenvalue weighted by Crippen LogP contribution is 2.15. The fourth-order valence-corrected chi connectivity index (χ4v) is 1.67. The molecule has 1 saturated heterocycles. The van der Waals surface area contributed by atoms with E-state index < -0.39 is 0 Å².